The first-order valence-electron chi connectivity index (χ1n) is 8.05. The van der Waals surface area contributed by atoms with Crippen molar-refractivity contribution in [1.82, 2.24) is 25.4 Å². The SMILES string of the molecule is COCC1(CNC(=O)c2cnc(-c3cnn(C)c3)s2)CCNCC1.Cl.Cl. The van der Waals surface area contributed by atoms with E-state index < -0.39 is 0 Å². The van der Waals surface area contributed by atoms with Crippen molar-refractivity contribution in [3.8, 4) is 10.6 Å². The second kappa shape index (κ2) is 10.2. The van der Waals surface area contributed by atoms with E-state index >= 15 is 0 Å². The fraction of sp³-hybridized carbons (Fsp3) is 0.562. The molecule has 2 N–H and O–H groups in total. The van der Waals surface area contributed by atoms with Crippen molar-refractivity contribution < 1.29 is 9.53 Å². The summed E-state index contributed by atoms with van der Waals surface area (Å²) in [7, 11) is 3.58. The summed E-state index contributed by atoms with van der Waals surface area (Å²) in [5, 5.41) is 11.4. The van der Waals surface area contributed by atoms with Gasteiger partial charge in [-0.3, -0.25) is 9.48 Å². The molecule has 0 unspecified atom stereocenters. The number of hydrogen-bond donors (Lipinski definition) is 2. The van der Waals surface area contributed by atoms with Crippen LogP contribution in [0.5, 0.6) is 0 Å². The van der Waals surface area contributed by atoms with Crippen molar-refractivity contribution in [2.45, 2.75) is 12.8 Å². The van der Waals surface area contributed by atoms with Gasteiger partial charge in [-0.1, -0.05) is 0 Å². The number of piperidine rings is 1. The van der Waals surface area contributed by atoms with E-state index in [9.17, 15) is 4.79 Å². The molecule has 1 saturated heterocycles. The van der Waals surface area contributed by atoms with Crippen LogP contribution in [0.3, 0.4) is 0 Å². The van der Waals surface area contributed by atoms with Crippen molar-refractivity contribution in [1.29, 1.82) is 0 Å². The number of ether oxygens (including phenoxy) is 1. The van der Waals surface area contributed by atoms with Crippen LogP contribution in [0, 0.1) is 5.41 Å². The van der Waals surface area contributed by atoms with Gasteiger partial charge >= 0.3 is 0 Å². The summed E-state index contributed by atoms with van der Waals surface area (Å²) in [6, 6.07) is 0. The monoisotopic (exact) mass is 421 g/mol. The summed E-state index contributed by atoms with van der Waals surface area (Å²) in [5.74, 6) is -0.0725. The number of thiazole rings is 1. The highest BCUT2D eigenvalue weighted by Gasteiger charge is 2.32. The molecule has 2 aromatic rings. The number of methoxy groups -OCH3 is 1. The smallest absolute Gasteiger partial charge is 0.263 e. The molecule has 1 fully saturated rings. The predicted octanol–water partition coefficient (Wildman–Crippen LogP) is 2.13. The molecule has 2 aromatic heterocycles. The summed E-state index contributed by atoms with van der Waals surface area (Å²) >= 11 is 1.39. The first-order chi connectivity index (χ1) is 11.6. The molecule has 0 bridgehead atoms. The van der Waals surface area contributed by atoms with Gasteiger partial charge in [-0.05, 0) is 25.9 Å². The van der Waals surface area contributed by atoms with Crippen LogP contribution < -0.4 is 10.6 Å². The fourth-order valence-electron chi connectivity index (χ4n) is 3.03. The number of halogens is 2. The molecule has 0 aromatic carbocycles. The van der Waals surface area contributed by atoms with Crippen LogP contribution in [0.1, 0.15) is 22.5 Å². The van der Waals surface area contributed by atoms with E-state index in [0.29, 0.717) is 18.0 Å². The van der Waals surface area contributed by atoms with Gasteiger partial charge in [0.1, 0.15) is 9.88 Å². The second-order valence-electron chi connectivity index (χ2n) is 6.30. The molecule has 0 spiro atoms. The maximum atomic E-state index is 12.5. The Balaban J connectivity index is 0.00000169. The van der Waals surface area contributed by atoms with Crippen LogP contribution in [0.25, 0.3) is 10.6 Å². The van der Waals surface area contributed by atoms with Crippen molar-refractivity contribution >= 4 is 42.1 Å². The van der Waals surface area contributed by atoms with Crippen LogP contribution >= 0.6 is 36.2 Å². The zero-order valence-corrected chi connectivity index (χ0v) is 17.3. The lowest BCUT2D eigenvalue weighted by molar-refractivity contribution is 0.0512. The zero-order valence-electron chi connectivity index (χ0n) is 14.9. The van der Waals surface area contributed by atoms with E-state index in [0.717, 1.165) is 36.5 Å². The number of amides is 1. The second-order valence-corrected chi connectivity index (χ2v) is 7.33. The van der Waals surface area contributed by atoms with Gasteiger partial charge in [-0.2, -0.15) is 5.10 Å². The van der Waals surface area contributed by atoms with Crippen molar-refractivity contribution in [2.24, 2.45) is 12.5 Å². The number of carbonyl (C=O) groups is 1. The highest BCUT2D eigenvalue weighted by Crippen LogP contribution is 2.29. The lowest BCUT2D eigenvalue weighted by Crippen LogP contribution is -2.47. The van der Waals surface area contributed by atoms with E-state index in [1.165, 1.54) is 11.3 Å². The van der Waals surface area contributed by atoms with E-state index in [1.807, 2.05) is 13.2 Å². The van der Waals surface area contributed by atoms with Crippen LogP contribution in [-0.2, 0) is 11.8 Å². The Labute approximate surface area is 169 Å². The largest absolute Gasteiger partial charge is 0.384 e. The molecule has 3 heterocycles. The van der Waals surface area contributed by atoms with Gasteiger partial charge in [0.25, 0.3) is 5.91 Å². The number of hydrogen-bond acceptors (Lipinski definition) is 6. The Bertz CT molecular complexity index is 695. The molecule has 0 atom stereocenters. The maximum Gasteiger partial charge on any atom is 0.263 e. The quantitative estimate of drug-likeness (QED) is 0.746. The highest BCUT2D eigenvalue weighted by molar-refractivity contribution is 7.16. The van der Waals surface area contributed by atoms with Crippen LogP contribution in [0.2, 0.25) is 0 Å². The van der Waals surface area contributed by atoms with Gasteiger partial charge in [0.05, 0.1) is 19.0 Å². The number of nitrogens with one attached hydrogen (secondary N) is 2. The molecular formula is C16H25Cl2N5O2S. The van der Waals surface area contributed by atoms with Gasteiger partial charge in [0.15, 0.2) is 0 Å². The van der Waals surface area contributed by atoms with E-state index in [-0.39, 0.29) is 36.1 Å². The summed E-state index contributed by atoms with van der Waals surface area (Å²) in [4.78, 5) is 17.4. The molecule has 1 amide bonds. The Morgan fingerprint density at radius 3 is 2.73 bits per heavy atom. The normalized spacial score (nSPS) is 15.6. The van der Waals surface area contributed by atoms with Crippen LogP contribution in [0.4, 0.5) is 0 Å². The molecule has 0 aliphatic carbocycles. The lowest BCUT2D eigenvalue weighted by atomic mass is 9.79. The lowest BCUT2D eigenvalue weighted by Gasteiger charge is -2.37. The van der Waals surface area contributed by atoms with Gasteiger partial charge in [-0.25, -0.2) is 4.98 Å². The van der Waals surface area contributed by atoms with E-state index in [4.69, 9.17) is 4.74 Å². The molecule has 0 saturated carbocycles. The number of nitrogens with zero attached hydrogens (tertiary/aromatic N) is 3. The van der Waals surface area contributed by atoms with Crippen LogP contribution in [-0.4, -0.2) is 54.0 Å². The Hall–Kier alpha value is -1.19. The minimum atomic E-state index is -0.0725. The number of carbonyl (C=O) groups excluding carboxylic acids is 1. The Morgan fingerprint density at radius 2 is 2.12 bits per heavy atom. The molecule has 1 aliphatic rings. The summed E-state index contributed by atoms with van der Waals surface area (Å²) in [6.45, 7) is 3.22. The summed E-state index contributed by atoms with van der Waals surface area (Å²) in [6.07, 6.45) is 7.29. The number of aryl methyl sites for hydroxylation is 1. The van der Waals surface area contributed by atoms with E-state index in [2.05, 4.69) is 20.7 Å². The molecule has 26 heavy (non-hydrogen) atoms. The average molecular weight is 422 g/mol. The third kappa shape index (κ3) is 5.40. The van der Waals surface area contributed by atoms with Crippen molar-refractivity contribution in [2.75, 3.05) is 33.4 Å². The minimum Gasteiger partial charge on any atom is -0.384 e. The van der Waals surface area contributed by atoms with E-state index in [1.54, 1.807) is 24.2 Å². The van der Waals surface area contributed by atoms with Gasteiger partial charge < -0.3 is 15.4 Å². The summed E-state index contributed by atoms with van der Waals surface area (Å²) < 4.78 is 7.11. The first-order valence-corrected chi connectivity index (χ1v) is 8.86. The van der Waals surface area contributed by atoms with Gasteiger partial charge in [0, 0.05) is 37.9 Å². The molecule has 7 nitrogen and oxygen atoms in total. The Morgan fingerprint density at radius 1 is 1.38 bits per heavy atom. The molecular weight excluding hydrogens is 397 g/mol. The molecule has 1 aliphatic heterocycles. The third-order valence-electron chi connectivity index (χ3n) is 4.42. The number of rotatable bonds is 6. The van der Waals surface area contributed by atoms with Gasteiger partial charge in [-0.15, -0.1) is 36.2 Å². The van der Waals surface area contributed by atoms with Gasteiger partial charge in [0.2, 0.25) is 0 Å². The van der Waals surface area contributed by atoms with Crippen molar-refractivity contribution in [3.05, 3.63) is 23.5 Å². The average Bonchev–Trinajstić information content (AvgIpc) is 3.23. The highest BCUT2D eigenvalue weighted by atomic mass is 35.5. The van der Waals surface area contributed by atoms with Crippen LogP contribution in [0.15, 0.2) is 18.6 Å². The number of aromatic nitrogens is 3. The van der Waals surface area contributed by atoms with Crippen molar-refractivity contribution in [3.63, 3.8) is 0 Å². The first kappa shape index (κ1) is 22.9. The standard InChI is InChI=1S/C16H23N5O2S.2ClH/c1-21-9-12(7-20-21)15-18-8-13(24-15)14(22)19-10-16(11-23-2)3-5-17-6-4-16;;/h7-9,17H,3-6,10-11H2,1-2H3,(H,19,22);2*1H. The molecule has 3 rings (SSSR count). The molecule has 0 radical (unpaired) electrons. The predicted molar refractivity (Wildman–Crippen MR) is 108 cm³/mol. The maximum absolute atomic E-state index is 12.5. The zero-order chi connectivity index (χ0) is 17.0. The Kier molecular flexibility index (Phi) is 8.99. The third-order valence-corrected chi connectivity index (χ3v) is 5.47. The molecule has 10 heteroatoms. The summed E-state index contributed by atoms with van der Waals surface area (Å²) in [5.41, 5.74) is 0.947. The fourth-order valence-corrected chi connectivity index (χ4v) is 3.84. The molecule has 146 valence electrons. The minimum absolute atomic E-state index is 0. The topological polar surface area (TPSA) is 81.1 Å².